The molecule has 0 heterocycles. The van der Waals surface area contributed by atoms with E-state index in [0.717, 1.165) is 6.42 Å². The van der Waals surface area contributed by atoms with Gasteiger partial charge in [0.15, 0.2) is 0 Å². The van der Waals surface area contributed by atoms with Crippen LogP contribution >= 0.6 is 0 Å². The summed E-state index contributed by atoms with van der Waals surface area (Å²) >= 11 is 0. The molecule has 0 aliphatic heterocycles. The minimum absolute atomic E-state index is 0.216. The quantitative estimate of drug-likeness (QED) is 0.747. The summed E-state index contributed by atoms with van der Waals surface area (Å²) in [5.74, 6) is 1.12. The van der Waals surface area contributed by atoms with Crippen molar-refractivity contribution >= 4 is 0 Å². The average molecular weight is 214 g/mol. The second-order valence-corrected chi connectivity index (χ2v) is 6.95. The normalized spacial score (nSPS) is 17.6. The van der Waals surface area contributed by atoms with E-state index in [1.54, 1.807) is 0 Å². The largest absolute Gasteiger partial charge is 0.396 e. The van der Waals surface area contributed by atoms with Crippen molar-refractivity contribution < 1.29 is 5.11 Å². The summed E-state index contributed by atoms with van der Waals surface area (Å²) in [5, 5.41) is 9.47. The molecule has 2 atom stereocenters. The van der Waals surface area contributed by atoms with Gasteiger partial charge in [0.2, 0.25) is 0 Å². The van der Waals surface area contributed by atoms with Gasteiger partial charge in [-0.05, 0) is 29.1 Å². The zero-order chi connectivity index (χ0) is 12.3. The Hall–Kier alpha value is -0.0400. The third-order valence-electron chi connectivity index (χ3n) is 3.73. The molecule has 0 aromatic heterocycles. The topological polar surface area (TPSA) is 20.2 Å². The lowest BCUT2D eigenvalue weighted by Crippen LogP contribution is -2.30. The molecule has 0 aliphatic carbocycles. The van der Waals surface area contributed by atoms with Crippen LogP contribution in [0.25, 0.3) is 0 Å². The maximum atomic E-state index is 9.47. The standard InChI is InChI=1S/C14H30O/c1-8-11(13(2,3)4)9-12(10-15)14(5,6)7/h11-12,15H,8-10H2,1-7H3. The predicted octanol–water partition coefficient (Wildman–Crippen LogP) is 4.10. The van der Waals surface area contributed by atoms with Crippen LogP contribution in [0.2, 0.25) is 0 Å². The lowest BCUT2D eigenvalue weighted by molar-refractivity contribution is 0.0777. The van der Waals surface area contributed by atoms with Gasteiger partial charge in [0.05, 0.1) is 0 Å². The van der Waals surface area contributed by atoms with Crippen molar-refractivity contribution in [3.05, 3.63) is 0 Å². The summed E-state index contributed by atoms with van der Waals surface area (Å²) < 4.78 is 0. The molecule has 0 radical (unpaired) electrons. The Bertz CT molecular complexity index is 151. The van der Waals surface area contributed by atoms with Gasteiger partial charge < -0.3 is 5.11 Å². The van der Waals surface area contributed by atoms with Crippen LogP contribution in [0.15, 0.2) is 0 Å². The molecule has 0 rings (SSSR count). The van der Waals surface area contributed by atoms with E-state index in [1.807, 2.05) is 0 Å². The molecule has 0 aromatic rings. The van der Waals surface area contributed by atoms with Gasteiger partial charge in [-0.15, -0.1) is 0 Å². The summed E-state index contributed by atoms with van der Waals surface area (Å²) in [6.45, 7) is 16.2. The molecule has 15 heavy (non-hydrogen) atoms. The van der Waals surface area contributed by atoms with Crippen LogP contribution in [0.1, 0.15) is 61.3 Å². The van der Waals surface area contributed by atoms with E-state index in [0.29, 0.717) is 23.9 Å². The number of rotatable bonds is 4. The van der Waals surface area contributed by atoms with Crippen molar-refractivity contribution in [2.75, 3.05) is 6.61 Å². The van der Waals surface area contributed by atoms with Gasteiger partial charge in [-0.1, -0.05) is 54.9 Å². The number of aliphatic hydroxyl groups excluding tert-OH is 1. The highest BCUT2D eigenvalue weighted by molar-refractivity contribution is 4.81. The van der Waals surface area contributed by atoms with Crippen molar-refractivity contribution in [1.82, 2.24) is 0 Å². The monoisotopic (exact) mass is 214 g/mol. The Kier molecular flexibility index (Phi) is 5.32. The first-order chi connectivity index (χ1) is 6.62. The molecule has 1 N–H and O–H groups in total. The fourth-order valence-electron chi connectivity index (χ4n) is 2.18. The van der Waals surface area contributed by atoms with Gasteiger partial charge in [-0.3, -0.25) is 0 Å². The molecule has 0 spiro atoms. The molecule has 0 aromatic carbocycles. The fraction of sp³-hybridized carbons (Fsp3) is 1.00. The lowest BCUT2D eigenvalue weighted by Gasteiger charge is -2.37. The van der Waals surface area contributed by atoms with E-state index in [4.69, 9.17) is 0 Å². The van der Waals surface area contributed by atoms with Crippen molar-refractivity contribution in [3.63, 3.8) is 0 Å². The Labute approximate surface area is 96.3 Å². The summed E-state index contributed by atoms with van der Waals surface area (Å²) in [4.78, 5) is 0. The average Bonchev–Trinajstić information content (AvgIpc) is 2.01. The molecular weight excluding hydrogens is 184 g/mol. The van der Waals surface area contributed by atoms with Gasteiger partial charge in [-0.2, -0.15) is 0 Å². The third kappa shape index (κ3) is 5.01. The number of aliphatic hydroxyl groups is 1. The second-order valence-electron chi connectivity index (χ2n) is 6.95. The maximum Gasteiger partial charge on any atom is 0.0464 e. The molecule has 2 unspecified atom stereocenters. The molecule has 0 amide bonds. The molecule has 0 fully saturated rings. The van der Waals surface area contributed by atoms with Gasteiger partial charge in [-0.25, -0.2) is 0 Å². The van der Waals surface area contributed by atoms with E-state index in [9.17, 15) is 5.11 Å². The fourth-order valence-corrected chi connectivity index (χ4v) is 2.18. The summed E-state index contributed by atoms with van der Waals surface area (Å²) in [5.41, 5.74) is 0.570. The minimum atomic E-state index is 0.216. The van der Waals surface area contributed by atoms with Crippen molar-refractivity contribution in [3.8, 4) is 0 Å². The van der Waals surface area contributed by atoms with Crippen LogP contribution in [0.4, 0.5) is 0 Å². The molecular formula is C14H30O. The van der Waals surface area contributed by atoms with Crippen LogP contribution in [0, 0.1) is 22.7 Å². The predicted molar refractivity (Wildman–Crippen MR) is 67.9 cm³/mol. The molecule has 1 heteroatoms. The highest BCUT2D eigenvalue weighted by Crippen LogP contribution is 2.38. The highest BCUT2D eigenvalue weighted by Gasteiger charge is 2.31. The van der Waals surface area contributed by atoms with Crippen LogP contribution in [-0.2, 0) is 0 Å². The van der Waals surface area contributed by atoms with Crippen LogP contribution in [0.3, 0.4) is 0 Å². The Morgan fingerprint density at radius 2 is 1.27 bits per heavy atom. The molecule has 92 valence electrons. The molecule has 0 aliphatic rings. The molecule has 1 nitrogen and oxygen atoms in total. The van der Waals surface area contributed by atoms with E-state index >= 15 is 0 Å². The van der Waals surface area contributed by atoms with Crippen LogP contribution in [-0.4, -0.2) is 11.7 Å². The zero-order valence-corrected chi connectivity index (χ0v) is 11.7. The van der Waals surface area contributed by atoms with Gasteiger partial charge in [0.25, 0.3) is 0 Å². The van der Waals surface area contributed by atoms with Crippen molar-refractivity contribution in [1.29, 1.82) is 0 Å². The van der Waals surface area contributed by atoms with E-state index in [2.05, 4.69) is 48.5 Å². The summed E-state index contributed by atoms with van der Waals surface area (Å²) in [7, 11) is 0. The smallest absolute Gasteiger partial charge is 0.0464 e. The lowest BCUT2D eigenvalue weighted by atomic mass is 9.69. The van der Waals surface area contributed by atoms with Crippen LogP contribution < -0.4 is 0 Å². The summed E-state index contributed by atoms with van der Waals surface area (Å²) in [6.07, 6.45) is 2.34. The molecule has 0 bridgehead atoms. The zero-order valence-electron chi connectivity index (χ0n) is 11.7. The van der Waals surface area contributed by atoms with E-state index < -0.39 is 0 Å². The first-order valence-corrected chi connectivity index (χ1v) is 6.23. The maximum absolute atomic E-state index is 9.47. The number of hydrogen-bond acceptors (Lipinski definition) is 1. The SMILES string of the molecule is CCC(CC(CO)C(C)(C)C)C(C)(C)C. The van der Waals surface area contributed by atoms with Crippen molar-refractivity contribution in [2.45, 2.75) is 61.3 Å². The first kappa shape index (κ1) is 15.0. The van der Waals surface area contributed by atoms with Gasteiger partial charge >= 0.3 is 0 Å². The van der Waals surface area contributed by atoms with Crippen molar-refractivity contribution in [2.24, 2.45) is 22.7 Å². The number of hydrogen-bond donors (Lipinski definition) is 1. The minimum Gasteiger partial charge on any atom is -0.396 e. The van der Waals surface area contributed by atoms with Gasteiger partial charge in [0.1, 0.15) is 0 Å². The van der Waals surface area contributed by atoms with E-state index in [-0.39, 0.29) is 5.41 Å². The highest BCUT2D eigenvalue weighted by atomic mass is 16.3. The van der Waals surface area contributed by atoms with Gasteiger partial charge in [0, 0.05) is 6.61 Å². The third-order valence-corrected chi connectivity index (χ3v) is 3.73. The Morgan fingerprint density at radius 3 is 1.47 bits per heavy atom. The second kappa shape index (κ2) is 5.34. The molecule has 0 saturated carbocycles. The first-order valence-electron chi connectivity index (χ1n) is 6.23. The summed E-state index contributed by atoms with van der Waals surface area (Å²) in [6, 6.07) is 0. The Morgan fingerprint density at radius 1 is 0.867 bits per heavy atom. The Balaban J connectivity index is 4.52. The molecule has 0 saturated heterocycles. The van der Waals surface area contributed by atoms with Crippen LogP contribution in [0.5, 0.6) is 0 Å². The van der Waals surface area contributed by atoms with E-state index in [1.165, 1.54) is 6.42 Å².